The smallest absolute Gasteiger partial charge is 0.269 e. The first-order chi connectivity index (χ1) is 23.6. The Hall–Kier alpha value is -6.88. The molecule has 0 saturated heterocycles. The van der Waals surface area contributed by atoms with Crippen LogP contribution in [-0.4, -0.2) is 59.9 Å². The first-order valence-electron chi connectivity index (χ1n) is 14.3. The largest absolute Gasteiger partial charge is 0.491 e. The number of non-ortho nitro benzene ring substituents is 2. The average Bonchev–Trinajstić information content (AvgIpc) is 3.12. The van der Waals surface area contributed by atoms with Crippen molar-refractivity contribution in [2.45, 2.75) is 0 Å². The lowest BCUT2D eigenvalue weighted by Gasteiger charge is -2.10. The Morgan fingerprint density at radius 3 is 0.980 bits per heavy atom. The summed E-state index contributed by atoms with van der Waals surface area (Å²) in [5.74, 6) is -1.45. The molecule has 0 aliphatic carbocycles. The van der Waals surface area contributed by atoms with Crippen molar-refractivity contribution in [2.24, 2.45) is 0 Å². The molecular formula is C32H28N6O11. The van der Waals surface area contributed by atoms with Crippen LogP contribution in [0.15, 0.2) is 97.1 Å². The molecule has 0 heterocycles. The Balaban J connectivity index is 1.07. The van der Waals surface area contributed by atoms with Crippen LogP contribution in [-0.2, 0) is 4.74 Å². The molecule has 17 nitrogen and oxygen atoms in total. The van der Waals surface area contributed by atoms with Crippen LogP contribution in [0.25, 0.3) is 0 Å². The molecule has 252 valence electrons. The van der Waals surface area contributed by atoms with Gasteiger partial charge in [-0.15, -0.1) is 0 Å². The van der Waals surface area contributed by atoms with Gasteiger partial charge in [0.25, 0.3) is 35.0 Å². The van der Waals surface area contributed by atoms with Gasteiger partial charge in [0.1, 0.15) is 24.7 Å². The average molecular weight is 673 g/mol. The minimum absolute atomic E-state index is 0.134. The van der Waals surface area contributed by atoms with E-state index in [9.17, 15) is 39.4 Å². The van der Waals surface area contributed by atoms with Crippen LogP contribution in [0.1, 0.15) is 41.4 Å². The van der Waals surface area contributed by atoms with Crippen molar-refractivity contribution >= 4 is 35.0 Å². The molecule has 0 aliphatic heterocycles. The first-order valence-corrected chi connectivity index (χ1v) is 14.3. The van der Waals surface area contributed by atoms with E-state index in [1.165, 1.54) is 72.8 Å². The third-order valence-corrected chi connectivity index (χ3v) is 6.49. The van der Waals surface area contributed by atoms with Crippen LogP contribution in [0, 0.1) is 20.2 Å². The van der Waals surface area contributed by atoms with Crippen molar-refractivity contribution in [1.82, 2.24) is 21.7 Å². The molecule has 4 aromatic carbocycles. The number of amides is 4. The topological polar surface area (TPSA) is 230 Å². The summed E-state index contributed by atoms with van der Waals surface area (Å²) in [5.41, 5.74) is 9.48. The summed E-state index contributed by atoms with van der Waals surface area (Å²) in [6, 6.07) is 22.1. The quantitative estimate of drug-likeness (QED) is 0.0863. The summed E-state index contributed by atoms with van der Waals surface area (Å²) in [6.45, 7) is 0.957. The molecule has 0 saturated carbocycles. The summed E-state index contributed by atoms with van der Waals surface area (Å²) < 4.78 is 16.7. The van der Waals surface area contributed by atoms with Gasteiger partial charge in [0, 0.05) is 46.5 Å². The molecule has 4 aromatic rings. The zero-order valence-corrected chi connectivity index (χ0v) is 25.5. The van der Waals surface area contributed by atoms with E-state index in [1.807, 2.05) is 0 Å². The number of nitro benzene ring substituents is 2. The molecule has 0 aliphatic rings. The molecule has 0 spiro atoms. The minimum atomic E-state index is -0.639. The highest BCUT2D eigenvalue weighted by Gasteiger charge is 2.13. The molecule has 0 unspecified atom stereocenters. The second-order valence-corrected chi connectivity index (χ2v) is 9.78. The van der Waals surface area contributed by atoms with Gasteiger partial charge in [-0.3, -0.25) is 61.1 Å². The Bertz CT molecular complexity index is 1660. The number of nitro groups is 2. The molecular weight excluding hydrogens is 644 g/mol. The predicted octanol–water partition coefficient (Wildman–Crippen LogP) is 3.13. The maximum atomic E-state index is 12.3. The Morgan fingerprint density at radius 1 is 0.449 bits per heavy atom. The molecule has 17 heteroatoms. The van der Waals surface area contributed by atoms with Crippen LogP contribution in [0.5, 0.6) is 11.5 Å². The highest BCUT2D eigenvalue weighted by Crippen LogP contribution is 2.15. The van der Waals surface area contributed by atoms with Crippen molar-refractivity contribution < 1.29 is 43.2 Å². The summed E-state index contributed by atoms with van der Waals surface area (Å²) in [6.07, 6.45) is 0. The molecule has 0 radical (unpaired) electrons. The number of nitrogens with zero attached hydrogens (tertiary/aromatic N) is 2. The number of hydrogen-bond acceptors (Lipinski definition) is 11. The SMILES string of the molecule is O=C(NNC(=O)c1ccc([N+](=O)[O-])cc1)c1ccc(OCCOCCOc2ccc(C(=O)NNC(=O)c3ccc([N+](=O)[O-])cc3)cc2)cc1. The second-order valence-electron chi connectivity index (χ2n) is 9.78. The molecule has 0 bridgehead atoms. The number of carbonyl (C=O) groups is 4. The number of carbonyl (C=O) groups excluding carboxylic acids is 4. The van der Waals surface area contributed by atoms with Gasteiger partial charge < -0.3 is 14.2 Å². The van der Waals surface area contributed by atoms with Crippen LogP contribution < -0.4 is 31.2 Å². The van der Waals surface area contributed by atoms with Crippen molar-refractivity contribution in [3.8, 4) is 11.5 Å². The number of benzene rings is 4. The van der Waals surface area contributed by atoms with Crippen LogP contribution in [0.3, 0.4) is 0 Å². The fourth-order valence-corrected chi connectivity index (χ4v) is 3.93. The van der Waals surface area contributed by atoms with E-state index in [4.69, 9.17) is 14.2 Å². The van der Waals surface area contributed by atoms with Gasteiger partial charge in [0.05, 0.1) is 23.1 Å². The van der Waals surface area contributed by atoms with Gasteiger partial charge in [0.15, 0.2) is 0 Å². The normalized spacial score (nSPS) is 10.3. The lowest BCUT2D eigenvalue weighted by molar-refractivity contribution is -0.385. The molecule has 0 fully saturated rings. The van der Waals surface area contributed by atoms with Crippen LogP contribution >= 0.6 is 0 Å². The molecule has 4 rings (SSSR count). The highest BCUT2D eigenvalue weighted by molar-refractivity contribution is 6.00. The van der Waals surface area contributed by atoms with Gasteiger partial charge in [-0.05, 0) is 72.8 Å². The predicted molar refractivity (Wildman–Crippen MR) is 171 cm³/mol. The first kappa shape index (κ1) is 35.0. The van der Waals surface area contributed by atoms with E-state index in [0.717, 1.165) is 0 Å². The van der Waals surface area contributed by atoms with E-state index >= 15 is 0 Å². The zero-order chi connectivity index (χ0) is 35.2. The maximum Gasteiger partial charge on any atom is 0.269 e. The van der Waals surface area contributed by atoms with E-state index < -0.39 is 33.5 Å². The molecule has 0 atom stereocenters. The third-order valence-electron chi connectivity index (χ3n) is 6.49. The van der Waals surface area contributed by atoms with Crippen molar-refractivity contribution in [3.63, 3.8) is 0 Å². The molecule has 0 aromatic heterocycles. The Kier molecular flexibility index (Phi) is 12.2. The van der Waals surface area contributed by atoms with Crippen molar-refractivity contribution in [3.05, 3.63) is 140 Å². The van der Waals surface area contributed by atoms with Gasteiger partial charge in [0.2, 0.25) is 0 Å². The zero-order valence-electron chi connectivity index (χ0n) is 25.5. The standard InChI is InChI=1S/C32H28N6O11/c39-29(21-1-9-25(10-2-21)37(43)44)33-35-31(41)23-5-13-27(14-6-23)48-19-17-47-18-20-49-28-15-7-24(8-16-28)32(42)36-34-30(40)22-3-11-26(12-4-22)38(45)46/h1-16H,17-20H2,(H,33,39)(H,34,40)(H,35,41)(H,36,42). The van der Waals surface area contributed by atoms with Gasteiger partial charge >= 0.3 is 0 Å². The third kappa shape index (κ3) is 10.6. The van der Waals surface area contributed by atoms with E-state index in [2.05, 4.69) is 21.7 Å². The minimum Gasteiger partial charge on any atom is -0.491 e. The Morgan fingerprint density at radius 2 is 0.714 bits per heavy atom. The second kappa shape index (κ2) is 17.2. The number of ether oxygens (including phenoxy) is 3. The fraction of sp³-hybridized carbons (Fsp3) is 0.125. The van der Waals surface area contributed by atoms with Crippen molar-refractivity contribution in [2.75, 3.05) is 26.4 Å². The summed E-state index contributed by atoms with van der Waals surface area (Å²) in [4.78, 5) is 69.2. The molecule has 4 N–H and O–H groups in total. The molecule has 4 amide bonds. The summed E-state index contributed by atoms with van der Waals surface area (Å²) in [5, 5.41) is 21.4. The summed E-state index contributed by atoms with van der Waals surface area (Å²) >= 11 is 0. The van der Waals surface area contributed by atoms with E-state index in [1.54, 1.807) is 24.3 Å². The number of nitrogens with one attached hydrogen (secondary N) is 4. The van der Waals surface area contributed by atoms with Crippen molar-refractivity contribution in [1.29, 1.82) is 0 Å². The fourth-order valence-electron chi connectivity index (χ4n) is 3.93. The molecule has 49 heavy (non-hydrogen) atoms. The van der Waals surface area contributed by atoms with Gasteiger partial charge in [-0.1, -0.05) is 0 Å². The Labute approximate surface area is 277 Å². The lowest BCUT2D eigenvalue weighted by Crippen LogP contribution is -2.41. The lowest BCUT2D eigenvalue weighted by atomic mass is 10.2. The highest BCUT2D eigenvalue weighted by atomic mass is 16.6. The number of rotatable bonds is 14. The van der Waals surface area contributed by atoms with Crippen LogP contribution in [0.2, 0.25) is 0 Å². The van der Waals surface area contributed by atoms with Gasteiger partial charge in [-0.2, -0.15) is 0 Å². The maximum absolute atomic E-state index is 12.3. The van der Waals surface area contributed by atoms with Crippen LogP contribution in [0.4, 0.5) is 11.4 Å². The van der Waals surface area contributed by atoms with E-state index in [-0.39, 0.29) is 60.1 Å². The number of hydrazine groups is 2. The van der Waals surface area contributed by atoms with E-state index in [0.29, 0.717) is 11.5 Å². The summed E-state index contributed by atoms with van der Waals surface area (Å²) in [7, 11) is 0. The monoisotopic (exact) mass is 672 g/mol. The number of hydrogen-bond donors (Lipinski definition) is 4. The van der Waals surface area contributed by atoms with Gasteiger partial charge in [-0.25, -0.2) is 0 Å².